The number of carbonyl (C=O) groups excluding carboxylic acids is 4. The third-order valence-corrected chi connectivity index (χ3v) is 4.44. The lowest BCUT2D eigenvalue weighted by Crippen LogP contribution is -2.38. The van der Waals surface area contributed by atoms with E-state index < -0.39 is 35.0 Å². The van der Waals surface area contributed by atoms with Crippen LogP contribution in [0.25, 0.3) is 0 Å². The minimum absolute atomic E-state index is 0.0970. The Bertz CT molecular complexity index is 909. The number of hydrogen-bond acceptors (Lipinski definition) is 8. The highest BCUT2D eigenvalue weighted by atomic mass is 35.5. The third-order valence-electron chi connectivity index (χ3n) is 4.21. The van der Waals surface area contributed by atoms with Crippen molar-refractivity contribution in [3.63, 3.8) is 0 Å². The summed E-state index contributed by atoms with van der Waals surface area (Å²) in [4.78, 5) is 50.9. The van der Waals surface area contributed by atoms with Crippen molar-refractivity contribution in [1.29, 1.82) is 0 Å². The van der Waals surface area contributed by atoms with Gasteiger partial charge in [-0.05, 0) is 51.8 Å². The summed E-state index contributed by atoms with van der Waals surface area (Å²) in [6, 6.07) is 4.04. The average Bonchev–Trinajstić information content (AvgIpc) is 3.52. The second-order valence-corrected chi connectivity index (χ2v) is 8.40. The van der Waals surface area contributed by atoms with Gasteiger partial charge in [-0.1, -0.05) is 11.6 Å². The molecule has 0 N–H and O–H groups in total. The van der Waals surface area contributed by atoms with Crippen LogP contribution in [0.2, 0.25) is 5.02 Å². The fourth-order valence-corrected chi connectivity index (χ4v) is 2.87. The van der Waals surface area contributed by atoms with E-state index in [1.54, 1.807) is 20.8 Å². The summed E-state index contributed by atoms with van der Waals surface area (Å²) >= 11 is 6.05. The summed E-state index contributed by atoms with van der Waals surface area (Å²) in [7, 11) is 2.45. The lowest BCUT2D eigenvalue weighted by atomic mass is 9.90. The highest BCUT2D eigenvalue weighted by Gasteiger charge is 2.45. The van der Waals surface area contributed by atoms with Crippen molar-refractivity contribution in [2.75, 3.05) is 14.2 Å². The number of halogens is 1. The maximum Gasteiger partial charge on any atom is 0.377 e. The Morgan fingerprint density at radius 2 is 1.77 bits per heavy atom. The molecule has 0 bridgehead atoms. The molecule has 2 rings (SSSR count). The number of benzene rings is 1. The molecular formula is C22H25ClO8. The number of esters is 2. The summed E-state index contributed by atoms with van der Waals surface area (Å²) in [5.41, 5.74) is -1.05. The number of carbonyl (C=O) groups is 4. The smallest absolute Gasteiger partial charge is 0.377 e. The van der Waals surface area contributed by atoms with E-state index in [4.69, 9.17) is 25.8 Å². The maximum atomic E-state index is 13.4. The van der Waals surface area contributed by atoms with Gasteiger partial charge < -0.3 is 18.9 Å². The Balaban J connectivity index is 2.47. The summed E-state index contributed by atoms with van der Waals surface area (Å²) in [5, 5.41) is 0.174. The quantitative estimate of drug-likeness (QED) is 0.184. The SMILES string of the molecule is CO/C=C(/Oc1ccc(Cl)cc1C(=O)C(C(=O)OC(C)(C)C)C(=O)C1CC1)C(=O)OC. The predicted molar refractivity (Wildman–Crippen MR) is 111 cm³/mol. The van der Waals surface area contributed by atoms with E-state index in [-0.39, 0.29) is 28.0 Å². The summed E-state index contributed by atoms with van der Waals surface area (Å²) in [6.45, 7) is 4.92. The molecule has 1 atom stereocenters. The molecule has 1 aliphatic carbocycles. The first-order valence-electron chi connectivity index (χ1n) is 9.58. The van der Waals surface area contributed by atoms with Crippen LogP contribution >= 0.6 is 11.6 Å². The molecule has 0 saturated heterocycles. The Morgan fingerprint density at radius 3 is 2.29 bits per heavy atom. The van der Waals surface area contributed by atoms with Crippen molar-refractivity contribution in [1.82, 2.24) is 0 Å². The molecule has 0 radical (unpaired) electrons. The van der Waals surface area contributed by atoms with Crippen LogP contribution < -0.4 is 4.74 Å². The fourth-order valence-electron chi connectivity index (χ4n) is 2.70. The van der Waals surface area contributed by atoms with Gasteiger partial charge in [-0.25, -0.2) is 4.79 Å². The molecule has 8 nitrogen and oxygen atoms in total. The van der Waals surface area contributed by atoms with Crippen molar-refractivity contribution < 1.29 is 38.1 Å². The molecule has 1 unspecified atom stereocenters. The van der Waals surface area contributed by atoms with Crippen LogP contribution in [0.1, 0.15) is 44.0 Å². The van der Waals surface area contributed by atoms with Gasteiger partial charge in [0.15, 0.2) is 17.5 Å². The lowest BCUT2D eigenvalue weighted by molar-refractivity contribution is -0.160. The minimum Gasteiger partial charge on any atom is -0.500 e. The molecule has 0 aromatic heterocycles. The van der Waals surface area contributed by atoms with Gasteiger partial charge in [0, 0.05) is 10.9 Å². The van der Waals surface area contributed by atoms with Gasteiger partial charge in [0.05, 0.1) is 19.8 Å². The fraction of sp³-hybridized carbons (Fsp3) is 0.455. The number of ketones is 2. The zero-order valence-electron chi connectivity index (χ0n) is 18.0. The maximum absolute atomic E-state index is 13.4. The Hall–Kier alpha value is -2.87. The highest BCUT2D eigenvalue weighted by Crippen LogP contribution is 2.36. The minimum atomic E-state index is -1.67. The largest absolute Gasteiger partial charge is 0.500 e. The Morgan fingerprint density at radius 1 is 1.13 bits per heavy atom. The molecule has 1 aliphatic rings. The number of methoxy groups -OCH3 is 2. The summed E-state index contributed by atoms with van der Waals surface area (Å²) in [5.74, 6) is -5.61. The van der Waals surface area contributed by atoms with Crippen LogP contribution in [0.4, 0.5) is 0 Å². The highest BCUT2D eigenvalue weighted by molar-refractivity contribution is 6.31. The van der Waals surface area contributed by atoms with E-state index in [2.05, 4.69) is 4.74 Å². The average molecular weight is 453 g/mol. The Labute approximate surface area is 185 Å². The van der Waals surface area contributed by atoms with E-state index in [0.29, 0.717) is 12.8 Å². The zero-order valence-corrected chi connectivity index (χ0v) is 18.8. The van der Waals surface area contributed by atoms with Crippen molar-refractivity contribution >= 4 is 35.1 Å². The lowest BCUT2D eigenvalue weighted by Gasteiger charge is -2.23. The zero-order chi connectivity index (χ0) is 23.3. The molecule has 1 saturated carbocycles. The van der Waals surface area contributed by atoms with Crippen LogP contribution in [0, 0.1) is 11.8 Å². The standard InChI is InChI=1S/C22H25ClO8/c1-22(2,3)31-21(27)17(18(24)12-6-7-12)19(25)14-10-13(23)8-9-15(14)30-16(11-28-4)20(26)29-5/h8-12,17H,6-7H2,1-5H3/b16-11+. The van der Waals surface area contributed by atoms with Gasteiger partial charge in [-0.15, -0.1) is 0 Å². The van der Waals surface area contributed by atoms with E-state index >= 15 is 0 Å². The molecule has 1 aromatic rings. The van der Waals surface area contributed by atoms with Crippen LogP contribution in [-0.4, -0.2) is 43.3 Å². The predicted octanol–water partition coefficient (Wildman–Crippen LogP) is 3.50. The number of ether oxygens (including phenoxy) is 4. The van der Waals surface area contributed by atoms with Crippen LogP contribution in [0.15, 0.2) is 30.2 Å². The molecule has 0 aliphatic heterocycles. The topological polar surface area (TPSA) is 105 Å². The van der Waals surface area contributed by atoms with Crippen molar-refractivity contribution in [2.45, 2.75) is 39.2 Å². The van der Waals surface area contributed by atoms with E-state index in [1.165, 1.54) is 25.3 Å². The Kier molecular flexibility index (Phi) is 7.84. The molecule has 9 heteroatoms. The molecule has 0 heterocycles. The first kappa shape index (κ1) is 24.4. The molecule has 168 valence electrons. The summed E-state index contributed by atoms with van der Waals surface area (Å²) < 4.78 is 20.3. The third kappa shape index (κ3) is 6.55. The number of hydrogen-bond donors (Lipinski definition) is 0. The van der Waals surface area contributed by atoms with Crippen molar-refractivity contribution in [2.24, 2.45) is 11.8 Å². The number of rotatable bonds is 9. The first-order valence-corrected chi connectivity index (χ1v) is 9.95. The van der Waals surface area contributed by atoms with E-state index in [1.807, 2.05) is 0 Å². The van der Waals surface area contributed by atoms with Crippen molar-refractivity contribution in [3.05, 3.63) is 40.8 Å². The molecule has 0 spiro atoms. The van der Waals surface area contributed by atoms with Gasteiger partial charge in [0.25, 0.3) is 0 Å². The second-order valence-electron chi connectivity index (χ2n) is 7.96. The molecule has 31 heavy (non-hydrogen) atoms. The van der Waals surface area contributed by atoms with Crippen molar-refractivity contribution in [3.8, 4) is 5.75 Å². The second kappa shape index (κ2) is 9.96. The van der Waals surface area contributed by atoms with E-state index in [0.717, 1.165) is 13.4 Å². The van der Waals surface area contributed by atoms with Gasteiger partial charge >= 0.3 is 11.9 Å². The van der Waals surface area contributed by atoms with Gasteiger partial charge in [0.2, 0.25) is 5.76 Å². The van der Waals surface area contributed by atoms with Gasteiger partial charge in [-0.2, -0.15) is 0 Å². The van der Waals surface area contributed by atoms with E-state index in [9.17, 15) is 19.2 Å². The van der Waals surface area contributed by atoms with Gasteiger partial charge in [0.1, 0.15) is 17.6 Å². The monoisotopic (exact) mass is 452 g/mol. The summed E-state index contributed by atoms with van der Waals surface area (Å²) in [6.07, 6.45) is 2.20. The molecule has 1 aromatic carbocycles. The number of Topliss-reactive ketones (excluding diaryl/α,β-unsaturated/α-hetero) is 2. The van der Waals surface area contributed by atoms with Crippen LogP contribution in [0.3, 0.4) is 0 Å². The van der Waals surface area contributed by atoms with Crippen LogP contribution in [0.5, 0.6) is 5.75 Å². The molecular weight excluding hydrogens is 428 g/mol. The normalized spacial score (nSPS) is 15.0. The first-order chi connectivity index (χ1) is 14.5. The van der Waals surface area contributed by atoms with Crippen LogP contribution in [-0.2, 0) is 28.6 Å². The van der Waals surface area contributed by atoms with Gasteiger partial charge in [-0.3, -0.25) is 14.4 Å². The molecule has 0 amide bonds. The molecule has 1 fully saturated rings.